The van der Waals surface area contributed by atoms with E-state index in [2.05, 4.69) is 194 Å². The molecule has 2 heterocycles. The molecule has 1 aliphatic rings. The van der Waals surface area contributed by atoms with E-state index < -0.39 is 5.41 Å². The summed E-state index contributed by atoms with van der Waals surface area (Å²) in [6, 6.07) is 76.1. The molecule has 0 spiro atoms. The molecule has 10 aromatic rings. The fraction of sp³-hybridized carbons (Fsp3) is 0.0185. The third-order valence-corrected chi connectivity index (χ3v) is 12.5. The zero-order valence-corrected chi connectivity index (χ0v) is 32.3. The first kappa shape index (κ1) is 34.0. The Morgan fingerprint density at radius 1 is 0.328 bits per heavy atom. The van der Waals surface area contributed by atoms with Crippen molar-refractivity contribution >= 4 is 21.4 Å². The Morgan fingerprint density at radius 3 is 1.52 bits per heavy atom. The fourth-order valence-electron chi connectivity index (χ4n) is 8.76. The average molecular weight is 758 g/mol. The summed E-state index contributed by atoms with van der Waals surface area (Å²) in [4.78, 5) is 16.2. The van der Waals surface area contributed by atoms with Crippen molar-refractivity contribution in [2.24, 2.45) is 0 Å². The predicted octanol–water partition coefficient (Wildman–Crippen LogP) is 13.8. The summed E-state index contributed by atoms with van der Waals surface area (Å²) >= 11 is 1.71. The molecule has 0 unspecified atom stereocenters. The Labute approximate surface area is 341 Å². The van der Waals surface area contributed by atoms with Crippen LogP contribution < -0.4 is 0 Å². The largest absolute Gasteiger partial charge is 0.208 e. The average Bonchev–Trinajstić information content (AvgIpc) is 3.88. The lowest BCUT2D eigenvalue weighted by molar-refractivity contribution is 0.769. The van der Waals surface area contributed by atoms with Gasteiger partial charge in [0.25, 0.3) is 0 Å². The van der Waals surface area contributed by atoms with Gasteiger partial charge in [0.05, 0.1) is 10.3 Å². The SMILES string of the molecule is c1ccc(-c2nc(-c3cccc(-c4cccc(-c5ccc6c(c5)C(c5ccccc5)(c5ccccc5)c5ccccc5-6)c4)c3)nc(-c3cc4ccccc4s3)n2)cc1. The van der Waals surface area contributed by atoms with Gasteiger partial charge in [-0.25, -0.2) is 15.0 Å². The number of rotatable bonds is 7. The summed E-state index contributed by atoms with van der Waals surface area (Å²) in [7, 11) is 0. The molecule has 58 heavy (non-hydrogen) atoms. The van der Waals surface area contributed by atoms with Crippen molar-refractivity contribution in [3.05, 3.63) is 235 Å². The number of thiophene rings is 1. The van der Waals surface area contributed by atoms with Gasteiger partial charge in [-0.2, -0.15) is 0 Å². The monoisotopic (exact) mass is 757 g/mol. The lowest BCUT2D eigenvalue weighted by Crippen LogP contribution is -2.28. The van der Waals surface area contributed by atoms with Gasteiger partial charge in [-0.3, -0.25) is 0 Å². The molecule has 0 aliphatic heterocycles. The van der Waals surface area contributed by atoms with Crippen LogP contribution in [0.4, 0.5) is 0 Å². The van der Waals surface area contributed by atoms with Crippen LogP contribution in [0.2, 0.25) is 0 Å². The summed E-state index contributed by atoms with van der Waals surface area (Å²) in [5, 5.41) is 1.19. The third kappa shape index (κ3) is 5.69. The van der Waals surface area contributed by atoms with E-state index in [4.69, 9.17) is 15.0 Å². The summed E-state index contributed by atoms with van der Waals surface area (Å²) in [6.45, 7) is 0. The number of hydrogen-bond acceptors (Lipinski definition) is 4. The van der Waals surface area contributed by atoms with Crippen LogP contribution in [0.15, 0.2) is 212 Å². The summed E-state index contributed by atoms with van der Waals surface area (Å²) in [5.41, 5.74) is 13.7. The second-order valence-corrected chi connectivity index (χ2v) is 15.9. The molecule has 0 bridgehead atoms. The third-order valence-electron chi connectivity index (χ3n) is 11.4. The van der Waals surface area contributed by atoms with Gasteiger partial charge in [0.2, 0.25) is 0 Å². The minimum absolute atomic E-state index is 0.450. The minimum atomic E-state index is -0.450. The molecule has 3 nitrogen and oxygen atoms in total. The van der Waals surface area contributed by atoms with Crippen molar-refractivity contribution in [2.75, 3.05) is 0 Å². The number of fused-ring (bicyclic) bond motifs is 4. The molecule has 0 N–H and O–H groups in total. The van der Waals surface area contributed by atoms with Gasteiger partial charge in [0, 0.05) is 15.8 Å². The zero-order valence-electron chi connectivity index (χ0n) is 31.5. The topological polar surface area (TPSA) is 38.7 Å². The number of aromatic nitrogens is 3. The van der Waals surface area contributed by atoms with Crippen LogP contribution >= 0.6 is 11.3 Å². The predicted molar refractivity (Wildman–Crippen MR) is 240 cm³/mol. The first-order chi connectivity index (χ1) is 28.7. The highest BCUT2D eigenvalue weighted by atomic mass is 32.1. The first-order valence-corrected chi connectivity index (χ1v) is 20.4. The molecule has 0 atom stereocenters. The van der Waals surface area contributed by atoms with E-state index in [1.165, 1.54) is 49.0 Å². The standard InChI is InChI=1S/C54H35N3S/c1-4-16-36(17-5-1)51-55-52(57-53(56-51)50-35-41-18-10-13-29-49(41)58-50)42-22-15-21-39(33-42)37-19-14-20-38(32-37)40-30-31-46-45-27-11-12-28-47(45)54(48(46)34-40,43-23-6-2-7-24-43)44-25-8-3-9-26-44/h1-35H. The maximum Gasteiger partial charge on any atom is 0.174 e. The molecule has 2 aromatic heterocycles. The normalized spacial score (nSPS) is 12.6. The van der Waals surface area contributed by atoms with Gasteiger partial charge in [-0.05, 0) is 91.4 Å². The maximum atomic E-state index is 5.10. The van der Waals surface area contributed by atoms with Crippen LogP contribution in [0.3, 0.4) is 0 Å². The van der Waals surface area contributed by atoms with Crippen LogP contribution in [-0.4, -0.2) is 15.0 Å². The van der Waals surface area contributed by atoms with Crippen molar-refractivity contribution in [3.8, 4) is 66.9 Å². The second-order valence-electron chi connectivity index (χ2n) is 14.8. The molecule has 4 heteroatoms. The maximum absolute atomic E-state index is 5.10. The molecule has 8 aromatic carbocycles. The Hall–Kier alpha value is -7.27. The highest BCUT2D eigenvalue weighted by Crippen LogP contribution is 2.56. The van der Waals surface area contributed by atoms with Gasteiger partial charge in [-0.15, -0.1) is 11.3 Å². The smallest absolute Gasteiger partial charge is 0.174 e. The fourth-order valence-corrected chi connectivity index (χ4v) is 9.76. The van der Waals surface area contributed by atoms with Crippen LogP contribution in [0, 0.1) is 0 Å². The lowest BCUT2D eigenvalue weighted by atomic mass is 9.67. The highest BCUT2D eigenvalue weighted by Gasteiger charge is 2.46. The molecule has 11 rings (SSSR count). The molecule has 0 saturated heterocycles. The van der Waals surface area contributed by atoms with Crippen molar-refractivity contribution < 1.29 is 0 Å². The van der Waals surface area contributed by atoms with Crippen LogP contribution in [0.25, 0.3) is 76.9 Å². The van der Waals surface area contributed by atoms with Crippen LogP contribution in [-0.2, 0) is 5.41 Å². The minimum Gasteiger partial charge on any atom is -0.208 e. The molecule has 0 fully saturated rings. The quantitative estimate of drug-likeness (QED) is 0.162. The van der Waals surface area contributed by atoms with E-state index in [1.807, 2.05) is 18.2 Å². The van der Waals surface area contributed by atoms with E-state index in [-0.39, 0.29) is 0 Å². The van der Waals surface area contributed by atoms with E-state index >= 15 is 0 Å². The van der Waals surface area contributed by atoms with Crippen LogP contribution in [0.5, 0.6) is 0 Å². The first-order valence-electron chi connectivity index (χ1n) is 19.6. The van der Waals surface area contributed by atoms with E-state index in [1.54, 1.807) is 11.3 Å². The van der Waals surface area contributed by atoms with Gasteiger partial charge < -0.3 is 0 Å². The van der Waals surface area contributed by atoms with Crippen molar-refractivity contribution in [1.29, 1.82) is 0 Å². The number of benzene rings is 8. The molecular weight excluding hydrogens is 723 g/mol. The number of hydrogen-bond donors (Lipinski definition) is 0. The summed E-state index contributed by atoms with van der Waals surface area (Å²) in [6.07, 6.45) is 0. The Kier molecular flexibility index (Phi) is 8.23. The zero-order chi connectivity index (χ0) is 38.5. The van der Waals surface area contributed by atoms with E-state index in [0.717, 1.165) is 32.7 Å². The van der Waals surface area contributed by atoms with Gasteiger partial charge in [0.15, 0.2) is 17.5 Å². The second kappa shape index (κ2) is 14.0. The summed E-state index contributed by atoms with van der Waals surface area (Å²) in [5.74, 6) is 1.99. The van der Waals surface area contributed by atoms with Crippen molar-refractivity contribution in [2.45, 2.75) is 5.41 Å². The molecule has 0 radical (unpaired) electrons. The highest BCUT2D eigenvalue weighted by molar-refractivity contribution is 7.22. The van der Waals surface area contributed by atoms with Gasteiger partial charge in [0.1, 0.15) is 0 Å². The lowest BCUT2D eigenvalue weighted by Gasteiger charge is -2.34. The Bertz CT molecular complexity index is 3040. The summed E-state index contributed by atoms with van der Waals surface area (Å²) < 4.78 is 1.21. The molecule has 0 saturated carbocycles. The van der Waals surface area contributed by atoms with E-state index in [0.29, 0.717) is 17.5 Å². The van der Waals surface area contributed by atoms with Crippen molar-refractivity contribution in [1.82, 2.24) is 15.0 Å². The molecule has 0 amide bonds. The molecular formula is C54H35N3S. The number of nitrogens with zero attached hydrogens (tertiary/aromatic N) is 3. The van der Waals surface area contributed by atoms with E-state index in [9.17, 15) is 0 Å². The molecule has 272 valence electrons. The van der Waals surface area contributed by atoms with Crippen LogP contribution in [0.1, 0.15) is 22.3 Å². The molecule has 1 aliphatic carbocycles. The van der Waals surface area contributed by atoms with Crippen molar-refractivity contribution in [3.63, 3.8) is 0 Å². The van der Waals surface area contributed by atoms with Gasteiger partial charge in [-0.1, -0.05) is 182 Å². The van der Waals surface area contributed by atoms with Gasteiger partial charge >= 0.3 is 0 Å². The Morgan fingerprint density at radius 2 is 0.828 bits per heavy atom. The Balaban J connectivity index is 1.02.